The van der Waals surface area contributed by atoms with E-state index >= 15 is 0 Å². The largest absolute Gasteiger partial charge is 0.433 e. The predicted octanol–water partition coefficient (Wildman–Crippen LogP) is 3.45. The molecule has 22 heavy (non-hydrogen) atoms. The molecule has 0 radical (unpaired) electrons. The summed E-state index contributed by atoms with van der Waals surface area (Å²) in [6, 6.07) is 0. The van der Waals surface area contributed by atoms with E-state index in [0.717, 1.165) is 38.5 Å². The molecule has 1 saturated heterocycles. The summed E-state index contributed by atoms with van der Waals surface area (Å²) in [4.78, 5) is 11.2. The fraction of sp³-hybridized carbons (Fsp3) is 0.941. The third-order valence-corrected chi connectivity index (χ3v) is 3.80. The average molecular weight is 316 g/mol. The molecule has 1 rings (SSSR count). The van der Waals surface area contributed by atoms with Crippen molar-refractivity contribution in [2.24, 2.45) is 0 Å². The number of carbonyl (C=O) groups is 1. The van der Waals surface area contributed by atoms with Gasteiger partial charge < -0.3 is 18.9 Å². The molecule has 1 aliphatic heterocycles. The van der Waals surface area contributed by atoms with Gasteiger partial charge in [-0.25, -0.2) is 0 Å². The Bertz CT molecular complexity index is 307. The summed E-state index contributed by atoms with van der Waals surface area (Å²) in [5.74, 6) is -0.356. The number of carbonyl (C=O) groups excluding carboxylic acids is 1. The second-order valence-electron chi connectivity index (χ2n) is 5.90. The van der Waals surface area contributed by atoms with Gasteiger partial charge in [-0.2, -0.15) is 0 Å². The number of unbranched alkanes of at least 4 members (excludes halogenated alkanes) is 4. The standard InChI is InChI=1S/C17H32O5/c1-5-7-9-11-19-15-13(3)21-17(22-14(4)18)16(15)20-12-10-8-6-2/h13,15-17H,5-12H2,1-4H3/t13-,15-,16-,17?/m1/s1. The van der Waals surface area contributed by atoms with Gasteiger partial charge in [0.2, 0.25) is 6.29 Å². The Hall–Kier alpha value is -0.650. The van der Waals surface area contributed by atoms with Gasteiger partial charge in [0.05, 0.1) is 6.10 Å². The van der Waals surface area contributed by atoms with Crippen molar-refractivity contribution in [1.29, 1.82) is 0 Å². The minimum atomic E-state index is -0.662. The molecule has 0 saturated carbocycles. The molecule has 4 atom stereocenters. The lowest BCUT2D eigenvalue weighted by molar-refractivity contribution is -0.191. The van der Waals surface area contributed by atoms with Crippen LogP contribution in [0.15, 0.2) is 0 Å². The minimum absolute atomic E-state index is 0.137. The molecule has 0 aromatic heterocycles. The molecule has 1 unspecified atom stereocenters. The zero-order chi connectivity index (χ0) is 16.4. The van der Waals surface area contributed by atoms with Crippen LogP contribution < -0.4 is 0 Å². The quantitative estimate of drug-likeness (QED) is 0.432. The summed E-state index contributed by atoms with van der Waals surface area (Å²) in [5.41, 5.74) is 0. The Kier molecular flexibility index (Phi) is 9.68. The van der Waals surface area contributed by atoms with E-state index in [4.69, 9.17) is 18.9 Å². The molecule has 0 aliphatic carbocycles. The van der Waals surface area contributed by atoms with Crippen LogP contribution in [0.3, 0.4) is 0 Å². The number of rotatable bonds is 11. The van der Waals surface area contributed by atoms with Gasteiger partial charge in [0.25, 0.3) is 0 Å². The monoisotopic (exact) mass is 316 g/mol. The molecular weight excluding hydrogens is 284 g/mol. The van der Waals surface area contributed by atoms with Gasteiger partial charge in [-0.05, 0) is 19.8 Å². The highest BCUT2D eigenvalue weighted by Gasteiger charge is 2.46. The first-order valence-corrected chi connectivity index (χ1v) is 8.66. The molecule has 5 nitrogen and oxygen atoms in total. The fourth-order valence-electron chi connectivity index (χ4n) is 2.59. The molecule has 0 spiro atoms. The number of esters is 1. The predicted molar refractivity (Wildman–Crippen MR) is 84.6 cm³/mol. The van der Waals surface area contributed by atoms with E-state index < -0.39 is 6.29 Å². The molecule has 1 fully saturated rings. The molecule has 1 aliphatic rings. The van der Waals surface area contributed by atoms with Gasteiger partial charge in [-0.3, -0.25) is 4.79 Å². The maximum atomic E-state index is 11.2. The van der Waals surface area contributed by atoms with E-state index in [2.05, 4.69) is 13.8 Å². The van der Waals surface area contributed by atoms with Gasteiger partial charge in [0, 0.05) is 20.1 Å². The van der Waals surface area contributed by atoms with E-state index in [0.29, 0.717) is 13.2 Å². The SMILES string of the molecule is CCCCCO[C@@H]1[C@@H](C)OC(OC(C)=O)[C@@H]1OCCCCC. The van der Waals surface area contributed by atoms with Crippen LogP contribution in [0.1, 0.15) is 66.2 Å². The number of ether oxygens (including phenoxy) is 4. The van der Waals surface area contributed by atoms with Gasteiger partial charge in [-0.15, -0.1) is 0 Å². The van der Waals surface area contributed by atoms with Crippen molar-refractivity contribution in [3.05, 3.63) is 0 Å². The number of hydrogen-bond acceptors (Lipinski definition) is 5. The highest BCUT2D eigenvalue weighted by atomic mass is 16.7. The van der Waals surface area contributed by atoms with Crippen molar-refractivity contribution in [3.8, 4) is 0 Å². The van der Waals surface area contributed by atoms with Gasteiger partial charge in [0.1, 0.15) is 12.2 Å². The zero-order valence-electron chi connectivity index (χ0n) is 14.5. The average Bonchev–Trinajstić information content (AvgIpc) is 2.75. The summed E-state index contributed by atoms with van der Waals surface area (Å²) in [6.45, 7) is 8.97. The van der Waals surface area contributed by atoms with Crippen LogP contribution in [-0.4, -0.2) is 43.8 Å². The molecule has 0 N–H and O–H groups in total. The maximum absolute atomic E-state index is 11.2. The minimum Gasteiger partial charge on any atom is -0.433 e. The third-order valence-electron chi connectivity index (χ3n) is 3.80. The van der Waals surface area contributed by atoms with E-state index in [1.807, 2.05) is 6.92 Å². The van der Waals surface area contributed by atoms with Crippen LogP contribution in [0.4, 0.5) is 0 Å². The molecule has 0 bridgehead atoms. The van der Waals surface area contributed by atoms with Crippen LogP contribution in [0.2, 0.25) is 0 Å². The first-order chi connectivity index (χ1) is 10.6. The van der Waals surface area contributed by atoms with Crippen molar-refractivity contribution in [3.63, 3.8) is 0 Å². The fourth-order valence-corrected chi connectivity index (χ4v) is 2.59. The highest BCUT2D eigenvalue weighted by molar-refractivity contribution is 5.66. The van der Waals surface area contributed by atoms with E-state index in [1.54, 1.807) is 0 Å². The van der Waals surface area contributed by atoms with Crippen molar-refractivity contribution in [2.75, 3.05) is 13.2 Å². The Morgan fingerprint density at radius 1 is 0.955 bits per heavy atom. The van der Waals surface area contributed by atoms with Crippen molar-refractivity contribution >= 4 is 5.97 Å². The van der Waals surface area contributed by atoms with Crippen LogP contribution >= 0.6 is 0 Å². The normalized spacial score (nSPS) is 28.0. The molecule has 0 amide bonds. The first kappa shape index (κ1) is 19.4. The molecule has 1 heterocycles. The lowest BCUT2D eigenvalue weighted by Crippen LogP contribution is -2.39. The molecular formula is C17H32O5. The third kappa shape index (κ3) is 6.63. The summed E-state index contributed by atoms with van der Waals surface area (Å²) in [7, 11) is 0. The molecule has 0 aromatic carbocycles. The summed E-state index contributed by atoms with van der Waals surface area (Å²) in [5, 5.41) is 0. The van der Waals surface area contributed by atoms with Gasteiger partial charge in [0.15, 0.2) is 0 Å². The second-order valence-corrected chi connectivity index (χ2v) is 5.90. The molecule has 0 aromatic rings. The lowest BCUT2D eigenvalue weighted by Gasteiger charge is -2.23. The Balaban J connectivity index is 2.53. The van der Waals surface area contributed by atoms with Crippen molar-refractivity contribution < 1.29 is 23.7 Å². The summed E-state index contributed by atoms with van der Waals surface area (Å²) >= 11 is 0. The lowest BCUT2D eigenvalue weighted by atomic mass is 10.1. The van der Waals surface area contributed by atoms with Gasteiger partial charge in [-0.1, -0.05) is 39.5 Å². The summed E-state index contributed by atoms with van der Waals surface area (Å²) in [6.07, 6.45) is 5.30. The van der Waals surface area contributed by atoms with Gasteiger partial charge >= 0.3 is 5.97 Å². The first-order valence-electron chi connectivity index (χ1n) is 8.66. The number of hydrogen-bond donors (Lipinski definition) is 0. The topological polar surface area (TPSA) is 54.0 Å². The van der Waals surface area contributed by atoms with Crippen LogP contribution in [-0.2, 0) is 23.7 Å². The second kappa shape index (κ2) is 11.0. The zero-order valence-corrected chi connectivity index (χ0v) is 14.5. The summed E-state index contributed by atoms with van der Waals surface area (Å²) < 4.78 is 22.8. The van der Waals surface area contributed by atoms with E-state index in [-0.39, 0.29) is 24.3 Å². The van der Waals surface area contributed by atoms with Crippen LogP contribution in [0.25, 0.3) is 0 Å². The smallest absolute Gasteiger partial charge is 0.305 e. The Labute approximate surface area is 134 Å². The van der Waals surface area contributed by atoms with E-state index in [1.165, 1.54) is 6.92 Å². The van der Waals surface area contributed by atoms with E-state index in [9.17, 15) is 4.79 Å². The highest BCUT2D eigenvalue weighted by Crippen LogP contribution is 2.28. The maximum Gasteiger partial charge on any atom is 0.305 e. The Morgan fingerprint density at radius 3 is 2.00 bits per heavy atom. The molecule has 5 heteroatoms. The van der Waals surface area contributed by atoms with Crippen LogP contribution in [0, 0.1) is 0 Å². The molecule has 130 valence electrons. The van der Waals surface area contributed by atoms with Crippen molar-refractivity contribution in [1.82, 2.24) is 0 Å². The van der Waals surface area contributed by atoms with Crippen molar-refractivity contribution in [2.45, 2.75) is 90.8 Å². The Morgan fingerprint density at radius 2 is 1.50 bits per heavy atom. The van der Waals surface area contributed by atoms with Crippen LogP contribution in [0.5, 0.6) is 0 Å².